The first-order chi connectivity index (χ1) is 9.15. The zero-order valence-electron chi connectivity index (χ0n) is 10.9. The molecule has 0 N–H and O–H groups in total. The molecule has 0 unspecified atom stereocenters. The molecule has 0 atom stereocenters. The van der Waals surface area contributed by atoms with Crippen molar-refractivity contribution in [2.24, 2.45) is 0 Å². The average Bonchev–Trinajstić information content (AvgIpc) is 2.40. The number of benzene rings is 1. The predicted molar refractivity (Wildman–Crippen MR) is 72.7 cm³/mol. The lowest BCUT2D eigenvalue weighted by atomic mass is 10.2. The molecule has 1 aromatic heterocycles. The number of aromatic nitrogens is 1. The Hall–Kier alpha value is -2.36. The molecule has 0 aliphatic carbocycles. The molecule has 0 fully saturated rings. The summed E-state index contributed by atoms with van der Waals surface area (Å²) >= 11 is 0. The summed E-state index contributed by atoms with van der Waals surface area (Å²) in [4.78, 5) is 24.1. The van der Waals surface area contributed by atoms with Gasteiger partial charge in [0.2, 0.25) is 0 Å². The molecule has 1 aromatic carbocycles. The Kier molecular flexibility index (Phi) is 3.80. The third-order valence-electron chi connectivity index (χ3n) is 2.79. The number of hydrogen-bond donors (Lipinski definition) is 0. The summed E-state index contributed by atoms with van der Waals surface area (Å²) in [7, 11) is 0. The van der Waals surface area contributed by atoms with Gasteiger partial charge in [-0.05, 0) is 38.1 Å². The summed E-state index contributed by atoms with van der Waals surface area (Å²) < 4.78 is 6.39. The lowest BCUT2D eigenvalue weighted by Crippen LogP contribution is -2.27. The number of carbonyl (C=O) groups excluding carboxylic acids is 1. The number of aryl methyl sites for hydroxylation is 1. The van der Waals surface area contributed by atoms with E-state index in [2.05, 4.69) is 0 Å². The second-order valence-electron chi connectivity index (χ2n) is 4.08. The van der Waals surface area contributed by atoms with Crippen LogP contribution in [0.2, 0.25) is 0 Å². The SMILES string of the molecule is CCOC(=O)c1ccc(C)n(-c2ccccc2)c1=O. The van der Waals surface area contributed by atoms with Crippen molar-refractivity contribution in [3.8, 4) is 5.69 Å². The molecule has 0 saturated heterocycles. The first kappa shape index (κ1) is 13.1. The van der Waals surface area contributed by atoms with E-state index in [1.165, 1.54) is 10.6 Å². The minimum Gasteiger partial charge on any atom is -0.462 e. The van der Waals surface area contributed by atoms with E-state index in [1.807, 2.05) is 37.3 Å². The summed E-state index contributed by atoms with van der Waals surface area (Å²) in [5.41, 5.74) is 1.20. The Bertz CT molecular complexity index is 644. The van der Waals surface area contributed by atoms with E-state index in [0.717, 1.165) is 11.4 Å². The fraction of sp³-hybridized carbons (Fsp3) is 0.200. The van der Waals surface area contributed by atoms with Gasteiger partial charge < -0.3 is 4.74 Å². The molecule has 19 heavy (non-hydrogen) atoms. The highest BCUT2D eigenvalue weighted by atomic mass is 16.5. The van der Waals surface area contributed by atoms with Crippen LogP contribution in [0.4, 0.5) is 0 Å². The molecule has 4 nitrogen and oxygen atoms in total. The van der Waals surface area contributed by atoms with Crippen LogP contribution in [-0.2, 0) is 4.74 Å². The van der Waals surface area contributed by atoms with Crippen molar-refractivity contribution < 1.29 is 9.53 Å². The van der Waals surface area contributed by atoms with Crippen LogP contribution in [0.15, 0.2) is 47.3 Å². The Labute approximate surface area is 111 Å². The monoisotopic (exact) mass is 257 g/mol. The van der Waals surface area contributed by atoms with E-state index in [4.69, 9.17) is 4.74 Å². The lowest BCUT2D eigenvalue weighted by molar-refractivity contribution is 0.0524. The number of pyridine rings is 1. The topological polar surface area (TPSA) is 48.3 Å². The van der Waals surface area contributed by atoms with Crippen LogP contribution in [0.1, 0.15) is 23.0 Å². The molecule has 0 saturated carbocycles. The Morgan fingerprint density at radius 1 is 1.16 bits per heavy atom. The number of rotatable bonds is 3. The minimum atomic E-state index is -0.586. The Morgan fingerprint density at radius 3 is 2.47 bits per heavy atom. The molecular weight excluding hydrogens is 242 g/mol. The van der Waals surface area contributed by atoms with Crippen LogP contribution in [-0.4, -0.2) is 17.1 Å². The fourth-order valence-electron chi connectivity index (χ4n) is 1.89. The van der Waals surface area contributed by atoms with E-state index >= 15 is 0 Å². The summed E-state index contributed by atoms with van der Waals surface area (Å²) in [5, 5.41) is 0. The molecule has 2 aromatic rings. The van der Waals surface area contributed by atoms with Gasteiger partial charge in [-0.3, -0.25) is 9.36 Å². The number of nitrogens with zero attached hydrogens (tertiary/aromatic N) is 1. The van der Waals surface area contributed by atoms with Crippen molar-refractivity contribution >= 4 is 5.97 Å². The van der Waals surface area contributed by atoms with Gasteiger partial charge in [0, 0.05) is 11.4 Å². The first-order valence-corrected chi connectivity index (χ1v) is 6.10. The number of hydrogen-bond acceptors (Lipinski definition) is 3. The Morgan fingerprint density at radius 2 is 1.84 bits per heavy atom. The lowest BCUT2D eigenvalue weighted by Gasteiger charge is -2.11. The zero-order chi connectivity index (χ0) is 13.8. The van der Waals surface area contributed by atoms with Crippen LogP contribution in [0.25, 0.3) is 5.69 Å². The molecule has 1 heterocycles. The normalized spacial score (nSPS) is 10.2. The van der Waals surface area contributed by atoms with Gasteiger partial charge in [-0.1, -0.05) is 18.2 Å². The molecule has 2 rings (SSSR count). The van der Waals surface area contributed by atoms with Gasteiger partial charge in [-0.2, -0.15) is 0 Å². The standard InChI is InChI=1S/C15H15NO3/c1-3-19-15(18)13-10-9-11(2)16(14(13)17)12-7-5-4-6-8-12/h4-10H,3H2,1-2H3. The minimum absolute atomic E-state index is 0.0521. The van der Waals surface area contributed by atoms with Gasteiger partial charge in [0.1, 0.15) is 5.56 Å². The van der Waals surface area contributed by atoms with Crippen LogP contribution in [0.5, 0.6) is 0 Å². The first-order valence-electron chi connectivity index (χ1n) is 6.10. The smallest absolute Gasteiger partial charge is 0.343 e. The van der Waals surface area contributed by atoms with Crippen molar-refractivity contribution in [3.63, 3.8) is 0 Å². The number of esters is 1. The molecule has 0 spiro atoms. The quantitative estimate of drug-likeness (QED) is 0.793. The van der Waals surface area contributed by atoms with Gasteiger partial charge in [-0.15, -0.1) is 0 Å². The van der Waals surface area contributed by atoms with Gasteiger partial charge in [-0.25, -0.2) is 4.79 Å². The molecule has 0 amide bonds. The van der Waals surface area contributed by atoms with Crippen molar-refractivity contribution in [1.29, 1.82) is 0 Å². The van der Waals surface area contributed by atoms with Gasteiger partial charge in [0.05, 0.1) is 6.61 Å². The van der Waals surface area contributed by atoms with Crippen LogP contribution in [0, 0.1) is 6.92 Å². The molecule has 98 valence electrons. The summed E-state index contributed by atoms with van der Waals surface area (Å²) in [6.45, 7) is 3.78. The second-order valence-corrected chi connectivity index (χ2v) is 4.08. The van der Waals surface area contributed by atoms with Crippen molar-refractivity contribution in [2.45, 2.75) is 13.8 Å². The molecular formula is C15H15NO3. The molecule has 4 heteroatoms. The molecule has 0 radical (unpaired) electrons. The molecule has 0 aliphatic rings. The van der Waals surface area contributed by atoms with Gasteiger partial charge in [0.25, 0.3) is 5.56 Å². The highest BCUT2D eigenvalue weighted by molar-refractivity contribution is 5.89. The fourth-order valence-corrected chi connectivity index (χ4v) is 1.89. The van der Waals surface area contributed by atoms with Gasteiger partial charge >= 0.3 is 5.97 Å². The van der Waals surface area contributed by atoms with E-state index in [-0.39, 0.29) is 17.7 Å². The average molecular weight is 257 g/mol. The summed E-state index contributed by atoms with van der Waals surface area (Å²) in [5.74, 6) is -0.586. The molecule has 0 bridgehead atoms. The van der Waals surface area contributed by atoms with E-state index in [1.54, 1.807) is 13.0 Å². The third-order valence-corrected chi connectivity index (χ3v) is 2.79. The maximum Gasteiger partial charge on any atom is 0.343 e. The highest BCUT2D eigenvalue weighted by Crippen LogP contribution is 2.09. The predicted octanol–water partition coefficient (Wildman–Crippen LogP) is 2.32. The van der Waals surface area contributed by atoms with Crippen LogP contribution >= 0.6 is 0 Å². The maximum atomic E-state index is 12.4. The van der Waals surface area contributed by atoms with Crippen molar-refractivity contribution in [1.82, 2.24) is 4.57 Å². The largest absolute Gasteiger partial charge is 0.462 e. The third kappa shape index (κ3) is 2.57. The summed E-state index contributed by atoms with van der Waals surface area (Å²) in [6.07, 6.45) is 0. The Balaban J connectivity index is 2.59. The van der Waals surface area contributed by atoms with Crippen molar-refractivity contribution in [2.75, 3.05) is 6.61 Å². The number of carbonyl (C=O) groups is 1. The zero-order valence-corrected chi connectivity index (χ0v) is 10.9. The van der Waals surface area contributed by atoms with E-state index in [0.29, 0.717) is 0 Å². The number of para-hydroxylation sites is 1. The van der Waals surface area contributed by atoms with Crippen LogP contribution in [0.3, 0.4) is 0 Å². The summed E-state index contributed by atoms with van der Waals surface area (Å²) in [6, 6.07) is 12.5. The molecule has 0 aliphatic heterocycles. The maximum absolute atomic E-state index is 12.4. The highest BCUT2D eigenvalue weighted by Gasteiger charge is 2.15. The number of ether oxygens (including phenoxy) is 1. The van der Waals surface area contributed by atoms with E-state index < -0.39 is 5.97 Å². The second kappa shape index (κ2) is 5.52. The van der Waals surface area contributed by atoms with Crippen molar-refractivity contribution in [3.05, 3.63) is 64.1 Å². The van der Waals surface area contributed by atoms with Crippen LogP contribution < -0.4 is 5.56 Å². The van der Waals surface area contributed by atoms with Gasteiger partial charge in [0.15, 0.2) is 0 Å². The van der Waals surface area contributed by atoms with E-state index in [9.17, 15) is 9.59 Å².